The minimum atomic E-state index is -1.18. The molecule has 2 N–H and O–H groups in total. The number of rotatable bonds is 1. The van der Waals surface area contributed by atoms with Gasteiger partial charge in [-0.05, 0) is 22.0 Å². The van der Waals surface area contributed by atoms with Gasteiger partial charge in [0.1, 0.15) is 4.60 Å². The van der Waals surface area contributed by atoms with E-state index in [1.54, 1.807) is 0 Å². The van der Waals surface area contributed by atoms with Crippen molar-refractivity contribution in [2.45, 2.75) is 0 Å². The van der Waals surface area contributed by atoms with Gasteiger partial charge in [-0.25, -0.2) is 9.78 Å². The van der Waals surface area contributed by atoms with Crippen LogP contribution in [0, 0.1) is 5.95 Å². The topological polar surface area (TPSA) is 66.0 Å². The maximum absolute atomic E-state index is 13.3. The van der Waals surface area contributed by atoms with Crippen LogP contribution in [0.1, 0.15) is 10.4 Å². The number of aromatic carboxylic acids is 1. The summed E-state index contributed by atoms with van der Waals surface area (Å²) < 4.78 is 13.6. The van der Waals surface area contributed by atoms with E-state index in [1.807, 2.05) is 0 Å². The van der Waals surface area contributed by atoms with E-state index in [-0.39, 0.29) is 10.9 Å². The highest BCUT2D eigenvalue weighted by Crippen LogP contribution is 2.23. The molecule has 72 valence electrons. The molecule has 0 spiro atoms. The lowest BCUT2D eigenvalue weighted by atomic mass is 10.2. The molecule has 0 fully saturated rings. The first-order valence-electron chi connectivity index (χ1n) is 3.66. The third kappa shape index (κ3) is 1.27. The molecule has 2 rings (SSSR count). The van der Waals surface area contributed by atoms with Gasteiger partial charge in [0.05, 0.1) is 16.5 Å². The van der Waals surface area contributed by atoms with Crippen molar-refractivity contribution in [3.05, 3.63) is 28.4 Å². The minimum absolute atomic E-state index is 0.000648. The molecule has 14 heavy (non-hydrogen) atoms. The van der Waals surface area contributed by atoms with Gasteiger partial charge in [0.15, 0.2) is 0 Å². The minimum Gasteiger partial charge on any atom is -0.478 e. The number of nitrogens with zero attached hydrogens (tertiary/aromatic N) is 1. The van der Waals surface area contributed by atoms with Gasteiger partial charge in [-0.1, -0.05) is 0 Å². The molecule has 0 aromatic carbocycles. The normalized spacial score (nSPS) is 10.7. The third-order valence-corrected chi connectivity index (χ3v) is 2.22. The number of halogens is 2. The zero-order valence-electron chi connectivity index (χ0n) is 6.71. The third-order valence-electron chi connectivity index (χ3n) is 1.82. The highest BCUT2D eigenvalue weighted by molar-refractivity contribution is 9.10. The van der Waals surface area contributed by atoms with Crippen LogP contribution in [0.4, 0.5) is 4.39 Å². The zero-order valence-corrected chi connectivity index (χ0v) is 8.30. The largest absolute Gasteiger partial charge is 0.478 e. The molecular weight excluding hydrogens is 255 g/mol. The number of H-pyrrole nitrogens is 1. The molecule has 0 unspecified atom stereocenters. The average molecular weight is 259 g/mol. The summed E-state index contributed by atoms with van der Waals surface area (Å²) in [6, 6.07) is 1.52. The molecule has 0 aliphatic heterocycles. The molecule has 2 aromatic rings. The molecule has 2 heterocycles. The summed E-state index contributed by atoms with van der Waals surface area (Å²) in [5.41, 5.74) is 0.291. The van der Waals surface area contributed by atoms with E-state index >= 15 is 0 Å². The van der Waals surface area contributed by atoms with Crippen LogP contribution >= 0.6 is 15.9 Å². The summed E-state index contributed by atoms with van der Waals surface area (Å²) in [4.78, 5) is 16.8. The Kier molecular flexibility index (Phi) is 1.99. The first-order valence-corrected chi connectivity index (χ1v) is 4.45. The van der Waals surface area contributed by atoms with E-state index in [0.29, 0.717) is 10.1 Å². The Morgan fingerprint density at radius 2 is 2.36 bits per heavy atom. The number of hydrogen-bond acceptors (Lipinski definition) is 2. The Bertz CT molecular complexity index is 523. The van der Waals surface area contributed by atoms with E-state index in [4.69, 9.17) is 5.11 Å². The van der Waals surface area contributed by atoms with Crippen LogP contribution < -0.4 is 0 Å². The maximum atomic E-state index is 13.3. The average Bonchev–Trinajstić information content (AvgIpc) is 2.47. The summed E-state index contributed by atoms with van der Waals surface area (Å²) in [6.45, 7) is 0. The highest BCUT2D eigenvalue weighted by atomic mass is 79.9. The van der Waals surface area contributed by atoms with Gasteiger partial charge in [-0.3, -0.25) is 0 Å². The lowest BCUT2D eigenvalue weighted by molar-refractivity contribution is 0.0698. The van der Waals surface area contributed by atoms with Gasteiger partial charge >= 0.3 is 5.97 Å². The number of aromatic amines is 1. The van der Waals surface area contributed by atoms with Crippen LogP contribution in [0.2, 0.25) is 0 Å². The van der Waals surface area contributed by atoms with E-state index in [1.165, 1.54) is 12.3 Å². The van der Waals surface area contributed by atoms with Gasteiger partial charge in [-0.2, -0.15) is 4.39 Å². The number of carboxylic acid groups (broad SMARTS) is 1. The molecule has 0 amide bonds. The standard InChI is InChI=1S/C8H4BrFN2O2/c9-5-1-4-6(7(10)12-5)3(2-11-4)8(13)14/h1-2,11H,(H,13,14). The van der Waals surface area contributed by atoms with Crippen LogP contribution in [-0.4, -0.2) is 21.0 Å². The predicted octanol–water partition coefficient (Wildman–Crippen LogP) is 2.16. The fraction of sp³-hybridized carbons (Fsp3) is 0. The van der Waals surface area contributed by atoms with Crippen LogP contribution in [0.3, 0.4) is 0 Å². The Morgan fingerprint density at radius 3 is 3.00 bits per heavy atom. The van der Waals surface area contributed by atoms with Crippen LogP contribution in [-0.2, 0) is 0 Å². The molecular formula is C8H4BrFN2O2. The summed E-state index contributed by atoms with van der Waals surface area (Å²) >= 11 is 3.01. The highest BCUT2D eigenvalue weighted by Gasteiger charge is 2.15. The molecule has 6 heteroatoms. The number of fused-ring (bicyclic) bond motifs is 1. The number of aromatic nitrogens is 2. The Morgan fingerprint density at radius 1 is 1.64 bits per heavy atom. The van der Waals surface area contributed by atoms with E-state index in [2.05, 4.69) is 25.9 Å². The second kappa shape index (κ2) is 3.06. The van der Waals surface area contributed by atoms with Crippen molar-refractivity contribution in [2.24, 2.45) is 0 Å². The van der Waals surface area contributed by atoms with E-state index in [0.717, 1.165) is 0 Å². The van der Waals surface area contributed by atoms with Gasteiger partial charge in [0.2, 0.25) is 5.95 Å². The smallest absolute Gasteiger partial charge is 0.338 e. The second-order valence-electron chi connectivity index (χ2n) is 2.67. The Labute approximate surface area is 85.9 Å². The fourth-order valence-electron chi connectivity index (χ4n) is 1.25. The van der Waals surface area contributed by atoms with Crippen molar-refractivity contribution < 1.29 is 14.3 Å². The molecule has 0 aliphatic rings. The quantitative estimate of drug-likeness (QED) is 0.771. The first kappa shape index (κ1) is 9.14. The predicted molar refractivity (Wildman–Crippen MR) is 50.7 cm³/mol. The summed E-state index contributed by atoms with van der Waals surface area (Å²) in [7, 11) is 0. The fourth-order valence-corrected chi connectivity index (χ4v) is 1.63. The van der Waals surface area contributed by atoms with E-state index < -0.39 is 11.9 Å². The molecule has 2 aromatic heterocycles. The number of pyridine rings is 1. The number of carboxylic acids is 1. The van der Waals surface area contributed by atoms with Gasteiger partial charge in [0, 0.05) is 6.20 Å². The Hall–Kier alpha value is -1.43. The second-order valence-corrected chi connectivity index (χ2v) is 3.48. The van der Waals surface area contributed by atoms with Crippen molar-refractivity contribution in [3.63, 3.8) is 0 Å². The van der Waals surface area contributed by atoms with Crippen molar-refractivity contribution in [3.8, 4) is 0 Å². The molecule has 0 saturated carbocycles. The van der Waals surface area contributed by atoms with Crippen molar-refractivity contribution >= 4 is 32.8 Å². The zero-order chi connectivity index (χ0) is 10.3. The molecule has 0 radical (unpaired) electrons. The monoisotopic (exact) mass is 258 g/mol. The lowest BCUT2D eigenvalue weighted by Gasteiger charge is -1.95. The number of nitrogens with one attached hydrogen (secondary N) is 1. The van der Waals surface area contributed by atoms with Crippen molar-refractivity contribution in [1.82, 2.24) is 9.97 Å². The van der Waals surface area contributed by atoms with Crippen LogP contribution in [0.15, 0.2) is 16.9 Å². The van der Waals surface area contributed by atoms with Crippen molar-refractivity contribution in [2.75, 3.05) is 0 Å². The molecule has 0 atom stereocenters. The van der Waals surface area contributed by atoms with Crippen molar-refractivity contribution in [1.29, 1.82) is 0 Å². The van der Waals surface area contributed by atoms with Gasteiger partial charge in [-0.15, -0.1) is 0 Å². The Balaban J connectivity index is 2.85. The maximum Gasteiger partial charge on any atom is 0.338 e. The summed E-state index contributed by atoms with van der Waals surface area (Å²) in [5, 5.41) is 8.74. The molecule has 0 aliphatic carbocycles. The van der Waals surface area contributed by atoms with Crippen LogP contribution in [0.5, 0.6) is 0 Å². The summed E-state index contributed by atoms with van der Waals surface area (Å²) in [6.07, 6.45) is 1.24. The number of carbonyl (C=O) groups is 1. The molecule has 4 nitrogen and oxygen atoms in total. The first-order chi connectivity index (χ1) is 6.59. The van der Waals surface area contributed by atoms with Gasteiger partial charge < -0.3 is 10.1 Å². The molecule has 0 bridgehead atoms. The molecule has 0 saturated heterocycles. The number of hydrogen-bond donors (Lipinski definition) is 2. The SMILES string of the molecule is O=C(O)c1c[nH]c2cc(Br)nc(F)c12. The van der Waals surface area contributed by atoms with E-state index in [9.17, 15) is 9.18 Å². The lowest BCUT2D eigenvalue weighted by Crippen LogP contribution is -1.96. The summed E-state index contributed by atoms with van der Waals surface area (Å²) in [5.74, 6) is -1.98. The van der Waals surface area contributed by atoms with Crippen LogP contribution in [0.25, 0.3) is 10.9 Å². The van der Waals surface area contributed by atoms with Gasteiger partial charge in [0.25, 0.3) is 0 Å².